The summed E-state index contributed by atoms with van der Waals surface area (Å²) in [6.45, 7) is 0. The average Bonchev–Trinajstić information content (AvgIpc) is 2.54. The van der Waals surface area contributed by atoms with E-state index in [1.165, 1.54) is 0 Å². The Labute approximate surface area is 129 Å². The van der Waals surface area contributed by atoms with Crippen LogP contribution < -0.4 is 0 Å². The Hall–Kier alpha value is -2.42. The number of hydrogen-bond donors (Lipinski definition) is 0. The number of rotatable bonds is 4. The maximum atomic E-state index is 12.0. The predicted molar refractivity (Wildman–Crippen MR) is 83.0 cm³/mol. The monoisotopic (exact) mass is 294 g/mol. The Morgan fingerprint density at radius 3 is 1.55 bits per heavy atom. The fourth-order valence-electron chi connectivity index (χ4n) is 2.93. The van der Waals surface area contributed by atoms with Gasteiger partial charge in [-0.3, -0.25) is 9.59 Å². The van der Waals surface area contributed by atoms with Crippen molar-refractivity contribution in [3.05, 3.63) is 71.8 Å². The highest BCUT2D eigenvalue weighted by atomic mass is 16.6. The van der Waals surface area contributed by atoms with E-state index in [4.69, 9.17) is 4.74 Å². The van der Waals surface area contributed by atoms with Gasteiger partial charge in [-0.15, -0.1) is 0 Å². The number of carbonyl (C=O) groups excluding carboxylic acids is 2. The van der Waals surface area contributed by atoms with Gasteiger partial charge in [0.05, 0.1) is 11.8 Å². The minimum atomic E-state index is -0.391. The zero-order valence-corrected chi connectivity index (χ0v) is 12.3. The van der Waals surface area contributed by atoms with E-state index in [2.05, 4.69) is 0 Å². The zero-order valence-electron chi connectivity index (χ0n) is 12.3. The Bertz CT molecular complexity index is 591. The number of hydrogen-bond acceptors (Lipinski definition) is 3. The van der Waals surface area contributed by atoms with Crippen LogP contribution >= 0.6 is 0 Å². The van der Waals surface area contributed by atoms with Gasteiger partial charge in [0.1, 0.15) is 0 Å². The van der Waals surface area contributed by atoms with E-state index in [1.807, 2.05) is 60.7 Å². The minimum absolute atomic E-state index is 0.242. The van der Waals surface area contributed by atoms with Gasteiger partial charge in [0.15, 0.2) is 0 Å². The lowest BCUT2D eigenvalue weighted by molar-refractivity contribution is -0.171. The Morgan fingerprint density at radius 1 is 0.727 bits per heavy atom. The van der Waals surface area contributed by atoms with Gasteiger partial charge in [0.25, 0.3) is 0 Å². The number of esters is 2. The Kier molecular flexibility index (Phi) is 4.33. The summed E-state index contributed by atoms with van der Waals surface area (Å²) in [5.41, 5.74) is 2.19. The molecule has 0 bridgehead atoms. The van der Waals surface area contributed by atoms with Crippen molar-refractivity contribution < 1.29 is 14.3 Å². The van der Waals surface area contributed by atoms with Gasteiger partial charge in [0.2, 0.25) is 0 Å². The molecule has 3 rings (SSSR count). The standard InChI is InChI=1S/C19H18O3/c20-18-16(11-14-7-3-1-4-8-14)13-17(19(21)22-18)12-15-9-5-2-6-10-15/h1-10,16-17H,11-13H2/t16-,17-/m1/s1. The third-order valence-corrected chi connectivity index (χ3v) is 4.09. The van der Waals surface area contributed by atoms with Crippen molar-refractivity contribution in [1.29, 1.82) is 0 Å². The molecule has 0 radical (unpaired) electrons. The first-order chi connectivity index (χ1) is 10.7. The van der Waals surface area contributed by atoms with Crippen molar-refractivity contribution in [2.75, 3.05) is 0 Å². The van der Waals surface area contributed by atoms with Crippen molar-refractivity contribution in [1.82, 2.24) is 0 Å². The Morgan fingerprint density at radius 2 is 1.14 bits per heavy atom. The summed E-state index contributed by atoms with van der Waals surface area (Å²) in [5.74, 6) is -1.26. The molecule has 0 amide bonds. The molecule has 0 N–H and O–H groups in total. The summed E-state index contributed by atoms with van der Waals surface area (Å²) in [7, 11) is 0. The topological polar surface area (TPSA) is 43.4 Å². The van der Waals surface area contributed by atoms with Crippen molar-refractivity contribution in [2.45, 2.75) is 19.3 Å². The van der Waals surface area contributed by atoms with Crippen LogP contribution in [-0.2, 0) is 27.2 Å². The molecule has 3 heteroatoms. The van der Waals surface area contributed by atoms with Crippen LogP contribution in [0.3, 0.4) is 0 Å². The molecule has 1 aliphatic rings. The van der Waals surface area contributed by atoms with E-state index >= 15 is 0 Å². The maximum absolute atomic E-state index is 12.0. The fraction of sp³-hybridized carbons (Fsp3) is 0.263. The number of carbonyl (C=O) groups is 2. The van der Waals surface area contributed by atoms with E-state index < -0.39 is 11.9 Å². The largest absolute Gasteiger partial charge is 0.393 e. The summed E-state index contributed by atoms with van der Waals surface area (Å²) in [6, 6.07) is 19.7. The van der Waals surface area contributed by atoms with Crippen molar-refractivity contribution in [2.24, 2.45) is 11.8 Å². The highest BCUT2D eigenvalue weighted by molar-refractivity contribution is 5.91. The molecule has 2 aromatic rings. The lowest BCUT2D eigenvalue weighted by atomic mass is 9.84. The zero-order chi connectivity index (χ0) is 15.4. The number of benzene rings is 2. The lowest BCUT2D eigenvalue weighted by Crippen LogP contribution is -2.36. The van der Waals surface area contributed by atoms with E-state index in [0.29, 0.717) is 19.3 Å². The second-order valence-electron chi connectivity index (χ2n) is 5.75. The molecule has 0 saturated carbocycles. The third-order valence-electron chi connectivity index (χ3n) is 4.09. The molecule has 3 nitrogen and oxygen atoms in total. The predicted octanol–water partition coefficient (Wildman–Crippen LogP) is 3.18. The number of cyclic esters (lactones) is 2. The SMILES string of the molecule is O=C1OC(=O)[C@H](Cc2ccccc2)C[C@H]1Cc1ccccc1. The molecule has 1 fully saturated rings. The summed E-state index contributed by atoms with van der Waals surface area (Å²) in [6.07, 6.45) is 1.80. The van der Waals surface area contributed by atoms with Gasteiger partial charge in [-0.2, -0.15) is 0 Å². The molecular weight excluding hydrogens is 276 g/mol. The van der Waals surface area contributed by atoms with Crippen LogP contribution in [0.5, 0.6) is 0 Å². The molecule has 0 spiro atoms. The highest BCUT2D eigenvalue weighted by Crippen LogP contribution is 2.27. The normalized spacial score (nSPS) is 21.5. The molecule has 1 heterocycles. The van der Waals surface area contributed by atoms with Crippen LogP contribution in [0.2, 0.25) is 0 Å². The minimum Gasteiger partial charge on any atom is -0.393 e. The van der Waals surface area contributed by atoms with Gasteiger partial charge in [-0.1, -0.05) is 60.7 Å². The molecule has 1 saturated heterocycles. The van der Waals surface area contributed by atoms with Crippen LogP contribution in [0.1, 0.15) is 17.5 Å². The second kappa shape index (κ2) is 6.56. The van der Waals surface area contributed by atoms with E-state index in [1.54, 1.807) is 0 Å². The fourth-order valence-corrected chi connectivity index (χ4v) is 2.93. The molecule has 0 aromatic heterocycles. The first-order valence-electron chi connectivity index (χ1n) is 7.56. The van der Waals surface area contributed by atoms with Gasteiger partial charge in [0, 0.05) is 0 Å². The smallest absolute Gasteiger partial charge is 0.316 e. The summed E-state index contributed by atoms with van der Waals surface area (Å²) < 4.78 is 4.98. The summed E-state index contributed by atoms with van der Waals surface area (Å²) >= 11 is 0. The molecule has 1 aliphatic heterocycles. The van der Waals surface area contributed by atoms with E-state index in [0.717, 1.165) is 11.1 Å². The van der Waals surface area contributed by atoms with Crippen LogP contribution in [0.4, 0.5) is 0 Å². The van der Waals surface area contributed by atoms with Crippen LogP contribution in [0.25, 0.3) is 0 Å². The van der Waals surface area contributed by atoms with Gasteiger partial charge >= 0.3 is 11.9 Å². The first-order valence-corrected chi connectivity index (χ1v) is 7.56. The summed E-state index contributed by atoms with van der Waals surface area (Å²) in [4.78, 5) is 23.9. The van der Waals surface area contributed by atoms with E-state index in [-0.39, 0.29) is 11.8 Å². The van der Waals surface area contributed by atoms with E-state index in [9.17, 15) is 9.59 Å². The Balaban J connectivity index is 1.70. The molecule has 22 heavy (non-hydrogen) atoms. The van der Waals surface area contributed by atoms with Gasteiger partial charge in [-0.05, 0) is 30.4 Å². The molecule has 0 unspecified atom stereocenters. The molecule has 0 aliphatic carbocycles. The van der Waals surface area contributed by atoms with Gasteiger partial charge in [-0.25, -0.2) is 0 Å². The maximum Gasteiger partial charge on any atom is 0.316 e. The van der Waals surface area contributed by atoms with Crippen molar-refractivity contribution in [3.63, 3.8) is 0 Å². The van der Waals surface area contributed by atoms with Gasteiger partial charge < -0.3 is 4.74 Å². The van der Waals surface area contributed by atoms with Crippen molar-refractivity contribution in [3.8, 4) is 0 Å². The first kappa shape index (κ1) is 14.5. The quantitative estimate of drug-likeness (QED) is 0.642. The van der Waals surface area contributed by atoms with Crippen LogP contribution in [0, 0.1) is 11.8 Å². The highest BCUT2D eigenvalue weighted by Gasteiger charge is 2.36. The number of ether oxygens (including phenoxy) is 1. The van der Waals surface area contributed by atoms with Crippen molar-refractivity contribution >= 4 is 11.9 Å². The second-order valence-corrected chi connectivity index (χ2v) is 5.75. The summed E-state index contributed by atoms with van der Waals surface area (Å²) in [5, 5.41) is 0. The molecular formula is C19H18O3. The lowest BCUT2D eigenvalue weighted by Gasteiger charge is -2.26. The average molecular weight is 294 g/mol. The molecule has 2 atom stereocenters. The van der Waals surface area contributed by atoms with Crippen LogP contribution in [0.15, 0.2) is 60.7 Å². The van der Waals surface area contributed by atoms with Crippen LogP contribution in [-0.4, -0.2) is 11.9 Å². The third kappa shape index (κ3) is 3.42. The molecule has 112 valence electrons. The molecule has 2 aromatic carbocycles.